The van der Waals surface area contributed by atoms with Crippen molar-refractivity contribution in [3.8, 4) is 0 Å². The Bertz CT molecular complexity index is 382. The number of methoxy groups -OCH3 is 1. The second-order valence-corrected chi connectivity index (χ2v) is 6.75. The van der Waals surface area contributed by atoms with Crippen LogP contribution >= 0.6 is 0 Å². The third kappa shape index (κ3) is 2.97. The number of hydrogen-bond donors (Lipinski definition) is 1. The summed E-state index contributed by atoms with van der Waals surface area (Å²) in [7, 11) is -2.47. The quantitative estimate of drug-likeness (QED) is 0.697. The van der Waals surface area contributed by atoms with Crippen molar-refractivity contribution in [1.29, 1.82) is 0 Å². The summed E-state index contributed by atoms with van der Waals surface area (Å²) in [5.74, 6) is -0.438. The van der Waals surface area contributed by atoms with E-state index in [1.54, 1.807) is 0 Å². The molecule has 3 unspecified atom stereocenters. The standard InChI is InChI=1S/C10H20N2O4S/c1-7-4-5-12(6-9(7)11)17(14,15)8(2)10(13)16-3/h7-9H,4-6,11H2,1-3H3. The first-order chi connectivity index (χ1) is 7.80. The Morgan fingerprint density at radius 2 is 2.12 bits per heavy atom. The van der Waals surface area contributed by atoms with E-state index < -0.39 is 21.2 Å². The van der Waals surface area contributed by atoms with Crippen LogP contribution in [0, 0.1) is 5.92 Å². The molecule has 0 aromatic rings. The van der Waals surface area contributed by atoms with Gasteiger partial charge >= 0.3 is 5.97 Å². The number of hydrogen-bond acceptors (Lipinski definition) is 5. The molecule has 0 radical (unpaired) electrons. The number of nitrogens with zero attached hydrogens (tertiary/aromatic N) is 1. The smallest absolute Gasteiger partial charge is 0.325 e. The Labute approximate surface area is 102 Å². The second-order valence-electron chi connectivity index (χ2n) is 4.50. The number of esters is 1. The Morgan fingerprint density at radius 3 is 2.59 bits per heavy atom. The van der Waals surface area contributed by atoms with Gasteiger partial charge in [-0.1, -0.05) is 6.92 Å². The van der Waals surface area contributed by atoms with Gasteiger partial charge in [0.05, 0.1) is 7.11 Å². The molecule has 0 aromatic heterocycles. The maximum Gasteiger partial charge on any atom is 0.325 e. The van der Waals surface area contributed by atoms with Gasteiger partial charge in [0.2, 0.25) is 10.0 Å². The van der Waals surface area contributed by atoms with Crippen LogP contribution in [-0.2, 0) is 19.6 Å². The summed E-state index contributed by atoms with van der Waals surface area (Å²) < 4.78 is 30.0. The molecule has 0 aliphatic carbocycles. The maximum absolute atomic E-state index is 12.1. The van der Waals surface area contributed by atoms with Crippen molar-refractivity contribution in [3.05, 3.63) is 0 Å². The molecule has 0 amide bonds. The molecule has 1 fully saturated rings. The molecule has 2 N–H and O–H groups in total. The molecular formula is C10H20N2O4S. The highest BCUT2D eigenvalue weighted by Gasteiger charge is 2.38. The minimum atomic E-state index is -3.65. The summed E-state index contributed by atoms with van der Waals surface area (Å²) in [5, 5.41) is -1.17. The minimum Gasteiger partial charge on any atom is -0.468 e. The van der Waals surface area contributed by atoms with Crippen LogP contribution in [0.3, 0.4) is 0 Å². The summed E-state index contributed by atoms with van der Waals surface area (Å²) >= 11 is 0. The van der Waals surface area contributed by atoms with Crippen LogP contribution in [0.2, 0.25) is 0 Å². The van der Waals surface area contributed by atoms with Crippen LogP contribution in [0.15, 0.2) is 0 Å². The minimum absolute atomic E-state index is 0.177. The zero-order chi connectivity index (χ0) is 13.2. The third-order valence-electron chi connectivity index (χ3n) is 3.32. The molecule has 1 heterocycles. The van der Waals surface area contributed by atoms with Crippen LogP contribution in [0.25, 0.3) is 0 Å². The van der Waals surface area contributed by atoms with Gasteiger partial charge in [-0.05, 0) is 19.3 Å². The lowest BCUT2D eigenvalue weighted by Gasteiger charge is -2.35. The van der Waals surface area contributed by atoms with Gasteiger partial charge in [-0.3, -0.25) is 4.79 Å². The molecule has 6 nitrogen and oxygen atoms in total. The predicted molar refractivity (Wildman–Crippen MR) is 63.7 cm³/mol. The van der Waals surface area contributed by atoms with E-state index in [2.05, 4.69) is 4.74 Å². The third-order valence-corrected chi connectivity index (χ3v) is 5.46. The monoisotopic (exact) mass is 264 g/mol. The Kier molecular flexibility index (Phi) is 4.51. The van der Waals surface area contributed by atoms with Crippen LogP contribution in [0.1, 0.15) is 20.3 Å². The van der Waals surface area contributed by atoms with Crippen LogP contribution < -0.4 is 5.73 Å². The number of piperidine rings is 1. The molecule has 1 aliphatic rings. The highest BCUT2D eigenvalue weighted by molar-refractivity contribution is 7.90. The SMILES string of the molecule is COC(=O)C(C)S(=O)(=O)N1CCC(C)C(N)C1. The van der Waals surface area contributed by atoms with Gasteiger partial charge in [-0.25, -0.2) is 8.42 Å². The van der Waals surface area contributed by atoms with Crippen LogP contribution in [-0.4, -0.2) is 50.2 Å². The molecular weight excluding hydrogens is 244 g/mol. The zero-order valence-electron chi connectivity index (χ0n) is 10.4. The largest absolute Gasteiger partial charge is 0.468 e. The molecule has 100 valence electrons. The molecule has 1 rings (SSSR count). The number of nitrogens with two attached hydrogens (primary N) is 1. The molecule has 0 spiro atoms. The first-order valence-corrected chi connectivity index (χ1v) is 7.13. The molecule has 7 heteroatoms. The lowest BCUT2D eigenvalue weighted by Crippen LogP contribution is -2.52. The molecule has 0 aromatic carbocycles. The second kappa shape index (κ2) is 5.32. The van der Waals surface area contributed by atoms with E-state index in [0.29, 0.717) is 18.9 Å². The van der Waals surface area contributed by atoms with Crippen molar-refractivity contribution < 1.29 is 17.9 Å². The van der Waals surface area contributed by atoms with Gasteiger partial charge in [-0.15, -0.1) is 0 Å². The normalized spacial score (nSPS) is 28.7. The van der Waals surface area contributed by atoms with E-state index in [9.17, 15) is 13.2 Å². The van der Waals surface area contributed by atoms with Gasteiger partial charge in [-0.2, -0.15) is 4.31 Å². The van der Waals surface area contributed by atoms with Crippen molar-refractivity contribution in [1.82, 2.24) is 4.31 Å². The molecule has 3 atom stereocenters. The van der Waals surface area contributed by atoms with E-state index >= 15 is 0 Å². The van der Waals surface area contributed by atoms with Crippen LogP contribution in [0.5, 0.6) is 0 Å². The first-order valence-electron chi connectivity index (χ1n) is 5.63. The van der Waals surface area contributed by atoms with Crippen LogP contribution in [0.4, 0.5) is 0 Å². The highest BCUT2D eigenvalue weighted by atomic mass is 32.2. The van der Waals surface area contributed by atoms with Crippen molar-refractivity contribution in [3.63, 3.8) is 0 Å². The summed E-state index contributed by atoms with van der Waals surface area (Å²) in [6.07, 6.45) is 0.717. The van der Waals surface area contributed by atoms with Gasteiger partial charge < -0.3 is 10.5 Å². The number of carbonyl (C=O) groups is 1. The van der Waals surface area contributed by atoms with Gasteiger partial charge in [0.1, 0.15) is 0 Å². The lowest BCUT2D eigenvalue weighted by molar-refractivity contribution is -0.139. The molecule has 0 bridgehead atoms. The summed E-state index contributed by atoms with van der Waals surface area (Å²) in [4.78, 5) is 11.3. The van der Waals surface area contributed by atoms with E-state index in [4.69, 9.17) is 5.73 Å². The zero-order valence-corrected chi connectivity index (χ0v) is 11.2. The number of carbonyl (C=O) groups excluding carboxylic acids is 1. The van der Waals surface area contributed by atoms with E-state index in [1.807, 2.05) is 6.92 Å². The Balaban J connectivity index is 2.81. The number of rotatable bonds is 3. The van der Waals surface area contributed by atoms with Crippen molar-refractivity contribution >= 4 is 16.0 Å². The fraction of sp³-hybridized carbons (Fsp3) is 0.900. The van der Waals surface area contributed by atoms with E-state index in [-0.39, 0.29) is 12.6 Å². The lowest BCUT2D eigenvalue weighted by atomic mass is 9.96. The van der Waals surface area contributed by atoms with Crippen molar-refractivity contribution in [2.24, 2.45) is 11.7 Å². The topological polar surface area (TPSA) is 89.7 Å². The van der Waals surface area contributed by atoms with E-state index in [0.717, 1.165) is 0 Å². The molecule has 1 aliphatic heterocycles. The average molecular weight is 264 g/mol. The Morgan fingerprint density at radius 1 is 1.53 bits per heavy atom. The van der Waals surface area contributed by atoms with Crippen molar-refractivity contribution in [2.75, 3.05) is 20.2 Å². The highest BCUT2D eigenvalue weighted by Crippen LogP contribution is 2.20. The summed E-state index contributed by atoms with van der Waals surface area (Å²) in [6.45, 7) is 4.02. The van der Waals surface area contributed by atoms with Crippen molar-refractivity contribution in [2.45, 2.75) is 31.6 Å². The summed E-state index contributed by atoms with van der Waals surface area (Å²) in [6, 6.07) is -0.177. The number of ether oxygens (including phenoxy) is 1. The number of sulfonamides is 1. The molecule has 17 heavy (non-hydrogen) atoms. The first kappa shape index (κ1) is 14.4. The average Bonchev–Trinajstić information content (AvgIpc) is 2.30. The van der Waals surface area contributed by atoms with E-state index in [1.165, 1.54) is 18.3 Å². The fourth-order valence-electron chi connectivity index (χ4n) is 1.81. The predicted octanol–water partition coefficient (Wildman–Crippen LogP) is -0.453. The molecule has 0 saturated carbocycles. The maximum atomic E-state index is 12.1. The van der Waals surface area contributed by atoms with Gasteiger partial charge in [0.15, 0.2) is 5.25 Å². The van der Waals surface area contributed by atoms with Gasteiger partial charge in [0.25, 0.3) is 0 Å². The summed E-state index contributed by atoms with van der Waals surface area (Å²) in [5.41, 5.74) is 5.85. The van der Waals surface area contributed by atoms with Gasteiger partial charge in [0, 0.05) is 19.1 Å². The Hall–Kier alpha value is -0.660. The molecule has 1 saturated heterocycles. The fourth-order valence-corrected chi connectivity index (χ4v) is 3.34.